The van der Waals surface area contributed by atoms with Gasteiger partial charge in [0.05, 0.1) is 9.79 Å². The van der Waals surface area contributed by atoms with Gasteiger partial charge in [-0.05, 0) is 66.1 Å². The highest BCUT2D eigenvalue weighted by Gasteiger charge is 2.23. The normalized spacial score (nSPS) is 16.8. The van der Waals surface area contributed by atoms with Crippen molar-refractivity contribution >= 4 is 21.6 Å². The van der Waals surface area contributed by atoms with Crippen LogP contribution in [0.4, 0.5) is 0 Å². The lowest BCUT2D eigenvalue weighted by Crippen LogP contribution is -2.21. The minimum absolute atomic E-state index is 0.0177. The van der Waals surface area contributed by atoms with Gasteiger partial charge in [0.1, 0.15) is 5.75 Å². The van der Waals surface area contributed by atoms with Gasteiger partial charge in [-0.25, -0.2) is 8.42 Å². The van der Waals surface area contributed by atoms with Crippen LogP contribution in [0.5, 0.6) is 5.75 Å². The van der Waals surface area contributed by atoms with Crippen LogP contribution in [0.2, 0.25) is 0 Å². The summed E-state index contributed by atoms with van der Waals surface area (Å²) in [5.74, 6) is 0.236. The maximum absolute atomic E-state index is 12.0. The Morgan fingerprint density at radius 3 is 2.59 bits per heavy atom. The molecule has 2 N–H and O–H groups in total. The first-order valence-corrected chi connectivity index (χ1v) is 12.2. The highest BCUT2D eigenvalue weighted by atomic mass is 32.2. The molecule has 29 heavy (non-hydrogen) atoms. The molecule has 1 aliphatic rings. The molecule has 1 aliphatic heterocycles. The van der Waals surface area contributed by atoms with E-state index in [1.165, 1.54) is 11.8 Å². The zero-order valence-electron chi connectivity index (χ0n) is 16.1. The monoisotopic (exact) mass is 425 g/mol. The molecule has 1 unspecified atom stereocenters. The SMILES string of the molecule is CS(=O)(=O)c1cccc(C2CNCCc3cc(Sc4ccccc4)c(O)cc32)c1. The quantitative estimate of drug-likeness (QED) is 0.655. The third-order valence-electron chi connectivity index (χ3n) is 5.18. The smallest absolute Gasteiger partial charge is 0.175 e. The maximum Gasteiger partial charge on any atom is 0.175 e. The Morgan fingerprint density at radius 2 is 1.83 bits per heavy atom. The summed E-state index contributed by atoms with van der Waals surface area (Å²) in [6.45, 7) is 1.54. The first-order valence-electron chi connectivity index (χ1n) is 9.51. The summed E-state index contributed by atoms with van der Waals surface area (Å²) in [5, 5.41) is 14.2. The molecule has 3 aromatic rings. The fourth-order valence-electron chi connectivity index (χ4n) is 3.70. The number of fused-ring (bicyclic) bond motifs is 1. The van der Waals surface area contributed by atoms with Crippen LogP contribution >= 0.6 is 11.8 Å². The minimum Gasteiger partial charge on any atom is -0.507 e. The number of nitrogens with one attached hydrogen (secondary N) is 1. The molecular formula is C23H23NO3S2. The molecule has 0 aromatic heterocycles. The van der Waals surface area contributed by atoms with Crippen molar-refractivity contribution in [2.45, 2.75) is 27.0 Å². The summed E-state index contributed by atoms with van der Waals surface area (Å²) in [5.41, 5.74) is 3.17. The molecule has 1 atom stereocenters. The van der Waals surface area contributed by atoms with E-state index in [0.29, 0.717) is 11.4 Å². The van der Waals surface area contributed by atoms with Crippen molar-refractivity contribution in [3.05, 3.63) is 83.4 Å². The number of hydrogen-bond donors (Lipinski definition) is 2. The molecule has 0 bridgehead atoms. The van der Waals surface area contributed by atoms with Gasteiger partial charge < -0.3 is 10.4 Å². The van der Waals surface area contributed by atoms with Crippen LogP contribution in [0.25, 0.3) is 0 Å². The van der Waals surface area contributed by atoms with Gasteiger partial charge in [0.15, 0.2) is 9.84 Å². The lowest BCUT2D eigenvalue weighted by molar-refractivity contribution is 0.461. The summed E-state index contributed by atoms with van der Waals surface area (Å²) >= 11 is 1.55. The van der Waals surface area contributed by atoms with E-state index in [1.807, 2.05) is 42.5 Å². The molecule has 0 radical (unpaired) electrons. The molecule has 0 aliphatic carbocycles. The van der Waals surface area contributed by atoms with Crippen molar-refractivity contribution in [3.8, 4) is 5.75 Å². The van der Waals surface area contributed by atoms with Crippen molar-refractivity contribution in [1.82, 2.24) is 5.32 Å². The number of sulfone groups is 1. The molecule has 0 saturated heterocycles. The van der Waals surface area contributed by atoms with Crippen LogP contribution in [-0.2, 0) is 16.3 Å². The molecule has 0 saturated carbocycles. The van der Waals surface area contributed by atoms with Gasteiger partial charge in [-0.3, -0.25) is 0 Å². The lowest BCUT2D eigenvalue weighted by atomic mass is 9.88. The van der Waals surface area contributed by atoms with Crippen LogP contribution in [0.15, 0.2) is 81.4 Å². The molecule has 4 nitrogen and oxygen atoms in total. The second kappa shape index (κ2) is 8.22. The Kier molecular flexibility index (Phi) is 5.67. The third-order valence-corrected chi connectivity index (χ3v) is 7.34. The predicted octanol–water partition coefficient (Wildman–Crippen LogP) is 4.22. The molecule has 0 spiro atoms. The molecule has 6 heteroatoms. The number of phenols is 1. The summed E-state index contributed by atoms with van der Waals surface area (Å²) in [4.78, 5) is 2.23. The Bertz CT molecular complexity index is 1130. The second-order valence-corrected chi connectivity index (χ2v) is 10.4. The molecular weight excluding hydrogens is 402 g/mol. The van der Waals surface area contributed by atoms with Gasteiger partial charge in [0.2, 0.25) is 0 Å². The standard InChI is InChI=1S/C23H23NO3S2/c1-29(26,27)19-9-5-6-16(12-19)21-15-24-11-10-17-13-23(22(25)14-20(17)21)28-18-7-3-2-4-8-18/h2-9,12-14,21,24-25H,10-11,15H2,1H3. The van der Waals surface area contributed by atoms with E-state index in [9.17, 15) is 13.5 Å². The van der Waals surface area contributed by atoms with Gasteiger partial charge in [0.25, 0.3) is 0 Å². The molecule has 1 heterocycles. The minimum atomic E-state index is -3.27. The van der Waals surface area contributed by atoms with Crippen LogP contribution in [0.3, 0.4) is 0 Å². The van der Waals surface area contributed by atoms with E-state index in [0.717, 1.165) is 33.9 Å². The number of rotatable bonds is 4. The van der Waals surface area contributed by atoms with Crippen molar-refractivity contribution in [1.29, 1.82) is 0 Å². The average molecular weight is 426 g/mol. The molecule has 150 valence electrons. The van der Waals surface area contributed by atoms with E-state index in [-0.39, 0.29) is 11.7 Å². The van der Waals surface area contributed by atoms with Gasteiger partial charge >= 0.3 is 0 Å². The first-order chi connectivity index (χ1) is 13.9. The Labute approximate surface area is 175 Å². The number of hydrogen-bond acceptors (Lipinski definition) is 5. The Hall–Kier alpha value is -2.28. The maximum atomic E-state index is 12.0. The summed E-state index contributed by atoms with van der Waals surface area (Å²) in [7, 11) is -3.27. The number of phenolic OH excluding ortho intramolecular Hbond substituents is 1. The molecule has 4 rings (SSSR count). The first kappa shape index (κ1) is 20.0. The van der Waals surface area contributed by atoms with Gasteiger partial charge in [-0.15, -0.1) is 0 Å². The topological polar surface area (TPSA) is 66.4 Å². The summed E-state index contributed by atoms with van der Waals surface area (Å²) in [6.07, 6.45) is 2.09. The van der Waals surface area contributed by atoms with Crippen molar-refractivity contribution < 1.29 is 13.5 Å². The zero-order valence-corrected chi connectivity index (χ0v) is 17.8. The highest BCUT2D eigenvalue weighted by molar-refractivity contribution is 7.99. The van der Waals surface area contributed by atoms with Crippen molar-refractivity contribution in [3.63, 3.8) is 0 Å². The summed E-state index contributed by atoms with van der Waals surface area (Å²) < 4.78 is 24.0. The fourth-order valence-corrected chi connectivity index (χ4v) is 5.29. The van der Waals surface area contributed by atoms with E-state index in [2.05, 4.69) is 11.4 Å². The summed E-state index contributed by atoms with van der Waals surface area (Å²) in [6, 6.07) is 21.0. The van der Waals surface area contributed by atoms with Crippen LogP contribution < -0.4 is 5.32 Å². The molecule has 0 fully saturated rings. The largest absolute Gasteiger partial charge is 0.507 e. The average Bonchev–Trinajstić information content (AvgIpc) is 2.91. The van der Waals surface area contributed by atoms with E-state index in [4.69, 9.17) is 0 Å². The van der Waals surface area contributed by atoms with Crippen molar-refractivity contribution in [2.24, 2.45) is 0 Å². The molecule has 0 amide bonds. The van der Waals surface area contributed by atoms with Crippen LogP contribution in [0.1, 0.15) is 22.6 Å². The highest BCUT2D eigenvalue weighted by Crippen LogP contribution is 2.40. The van der Waals surface area contributed by atoms with E-state index in [1.54, 1.807) is 30.0 Å². The second-order valence-electron chi connectivity index (χ2n) is 7.29. The van der Waals surface area contributed by atoms with Crippen LogP contribution in [-0.4, -0.2) is 32.9 Å². The van der Waals surface area contributed by atoms with Crippen LogP contribution in [0, 0.1) is 0 Å². The van der Waals surface area contributed by atoms with Gasteiger partial charge in [-0.2, -0.15) is 0 Å². The lowest BCUT2D eigenvalue weighted by Gasteiger charge is -2.20. The van der Waals surface area contributed by atoms with Gasteiger partial charge in [0, 0.05) is 23.6 Å². The fraction of sp³-hybridized carbons (Fsp3) is 0.217. The number of aromatic hydroxyl groups is 1. The third kappa shape index (κ3) is 4.50. The predicted molar refractivity (Wildman–Crippen MR) is 117 cm³/mol. The van der Waals surface area contributed by atoms with Gasteiger partial charge in [-0.1, -0.05) is 42.1 Å². The van der Waals surface area contributed by atoms with E-state index < -0.39 is 9.84 Å². The number of benzene rings is 3. The molecule has 3 aromatic carbocycles. The van der Waals surface area contributed by atoms with E-state index >= 15 is 0 Å². The zero-order chi connectivity index (χ0) is 20.4. The Balaban J connectivity index is 1.74. The Morgan fingerprint density at radius 1 is 1.03 bits per heavy atom. The van der Waals surface area contributed by atoms with Crippen molar-refractivity contribution in [2.75, 3.05) is 19.3 Å².